The Bertz CT molecular complexity index is 590. The van der Waals surface area contributed by atoms with E-state index < -0.39 is 6.36 Å². The van der Waals surface area contributed by atoms with Crippen LogP contribution in [0.5, 0.6) is 5.75 Å². The van der Waals surface area contributed by atoms with Crippen molar-refractivity contribution >= 4 is 5.91 Å². The van der Waals surface area contributed by atoms with Gasteiger partial charge in [0.1, 0.15) is 5.75 Å². The lowest BCUT2D eigenvalue weighted by Crippen LogP contribution is -2.37. The van der Waals surface area contributed by atoms with Crippen LogP contribution in [-0.4, -0.2) is 36.4 Å². The number of nitrogens with zero attached hydrogens (tertiary/aromatic N) is 1. The lowest BCUT2D eigenvalue weighted by molar-refractivity contribution is -0.274. The van der Waals surface area contributed by atoms with Gasteiger partial charge in [-0.2, -0.15) is 0 Å². The maximum absolute atomic E-state index is 12.5. The SMILES string of the molecule is CN(Cc1cccc(OC(F)(F)F)c1)C(=O)[C@H]1C[C@H]2CC[C@H]1O2. The number of halogens is 3. The molecule has 0 aromatic heterocycles. The Morgan fingerprint density at radius 3 is 2.78 bits per heavy atom. The molecule has 0 N–H and O–H groups in total. The first kappa shape index (κ1) is 16.1. The van der Waals surface area contributed by atoms with E-state index in [-0.39, 0.29) is 36.3 Å². The number of rotatable bonds is 4. The van der Waals surface area contributed by atoms with Gasteiger partial charge in [0.2, 0.25) is 5.91 Å². The molecular weight excluding hydrogens is 311 g/mol. The van der Waals surface area contributed by atoms with E-state index in [4.69, 9.17) is 4.74 Å². The van der Waals surface area contributed by atoms with Gasteiger partial charge in [0.25, 0.3) is 0 Å². The Morgan fingerprint density at radius 1 is 1.39 bits per heavy atom. The molecule has 2 fully saturated rings. The molecule has 1 amide bonds. The second kappa shape index (κ2) is 6.03. The summed E-state index contributed by atoms with van der Waals surface area (Å²) >= 11 is 0. The Morgan fingerprint density at radius 2 is 2.17 bits per heavy atom. The van der Waals surface area contributed by atoms with E-state index in [2.05, 4.69) is 4.74 Å². The zero-order valence-electron chi connectivity index (χ0n) is 12.7. The first-order valence-corrected chi connectivity index (χ1v) is 7.57. The highest BCUT2D eigenvalue weighted by molar-refractivity contribution is 5.79. The molecule has 2 heterocycles. The lowest BCUT2D eigenvalue weighted by atomic mass is 9.88. The van der Waals surface area contributed by atoms with Crippen LogP contribution in [0.3, 0.4) is 0 Å². The summed E-state index contributed by atoms with van der Waals surface area (Å²) in [5.41, 5.74) is 0.590. The van der Waals surface area contributed by atoms with E-state index in [0.717, 1.165) is 19.3 Å². The highest BCUT2D eigenvalue weighted by atomic mass is 19.4. The minimum Gasteiger partial charge on any atom is -0.406 e. The summed E-state index contributed by atoms with van der Waals surface area (Å²) in [6.45, 7) is 0.238. The van der Waals surface area contributed by atoms with E-state index >= 15 is 0 Å². The minimum absolute atomic E-state index is 0.00477. The molecule has 2 aliphatic heterocycles. The molecule has 0 unspecified atom stereocenters. The van der Waals surface area contributed by atoms with Gasteiger partial charge in [-0.1, -0.05) is 12.1 Å². The fourth-order valence-electron chi connectivity index (χ4n) is 3.37. The summed E-state index contributed by atoms with van der Waals surface area (Å²) in [5.74, 6) is -0.424. The van der Waals surface area contributed by atoms with Gasteiger partial charge in [0.15, 0.2) is 0 Å². The van der Waals surface area contributed by atoms with Crippen LogP contribution in [0, 0.1) is 5.92 Å². The van der Waals surface area contributed by atoms with Gasteiger partial charge in [0, 0.05) is 13.6 Å². The molecular formula is C16H18F3NO3. The van der Waals surface area contributed by atoms with Gasteiger partial charge < -0.3 is 14.4 Å². The third-order valence-corrected chi connectivity index (χ3v) is 4.35. The van der Waals surface area contributed by atoms with Crippen LogP contribution < -0.4 is 4.74 Å². The van der Waals surface area contributed by atoms with Gasteiger partial charge in [0.05, 0.1) is 18.1 Å². The topological polar surface area (TPSA) is 38.8 Å². The third kappa shape index (κ3) is 3.77. The average molecular weight is 329 g/mol. The second-order valence-corrected chi connectivity index (χ2v) is 6.11. The van der Waals surface area contributed by atoms with Crippen LogP contribution in [0.1, 0.15) is 24.8 Å². The van der Waals surface area contributed by atoms with Crippen LogP contribution in [0.2, 0.25) is 0 Å². The summed E-state index contributed by atoms with van der Waals surface area (Å²) in [5, 5.41) is 0. The maximum Gasteiger partial charge on any atom is 0.573 e. The van der Waals surface area contributed by atoms with Crippen molar-refractivity contribution in [2.75, 3.05) is 7.05 Å². The minimum atomic E-state index is -4.72. The van der Waals surface area contributed by atoms with E-state index in [1.165, 1.54) is 18.2 Å². The van der Waals surface area contributed by atoms with Crippen LogP contribution in [0.15, 0.2) is 24.3 Å². The summed E-state index contributed by atoms with van der Waals surface area (Å²) < 4.78 is 46.3. The molecule has 1 aromatic carbocycles. The van der Waals surface area contributed by atoms with Crippen LogP contribution in [0.4, 0.5) is 13.2 Å². The van der Waals surface area contributed by atoms with E-state index in [1.54, 1.807) is 18.0 Å². The predicted molar refractivity (Wildman–Crippen MR) is 75.6 cm³/mol. The van der Waals surface area contributed by atoms with Crippen molar-refractivity contribution in [1.29, 1.82) is 0 Å². The smallest absolute Gasteiger partial charge is 0.406 e. The third-order valence-electron chi connectivity index (χ3n) is 4.35. The Hall–Kier alpha value is -1.76. The molecule has 0 spiro atoms. The molecule has 23 heavy (non-hydrogen) atoms. The zero-order chi connectivity index (χ0) is 16.6. The summed E-state index contributed by atoms with van der Waals surface area (Å²) in [7, 11) is 1.66. The van der Waals surface area contributed by atoms with Crippen molar-refractivity contribution in [1.82, 2.24) is 4.90 Å². The predicted octanol–water partition coefficient (Wildman–Crippen LogP) is 3.11. The highest BCUT2D eigenvalue weighted by Gasteiger charge is 2.45. The Labute approximate surface area is 132 Å². The van der Waals surface area contributed by atoms with E-state index in [9.17, 15) is 18.0 Å². The number of fused-ring (bicyclic) bond motifs is 2. The molecule has 2 saturated heterocycles. The molecule has 2 bridgehead atoms. The number of alkyl halides is 3. The van der Waals surface area contributed by atoms with Gasteiger partial charge in [-0.15, -0.1) is 13.2 Å². The van der Waals surface area contributed by atoms with Gasteiger partial charge >= 0.3 is 6.36 Å². The van der Waals surface area contributed by atoms with Crippen LogP contribution >= 0.6 is 0 Å². The zero-order valence-corrected chi connectivity index (χ0v) is 12.7. The quantitative estimate of drug-likeness (QED) is 0.852. The van der Waals surface area contributed by atoms with E-state index in [0.29, 0.717) is 5.56 Å². The monoisotopic (exact) mass is 329 g/mol. The molecule has 1 aromatic rings. The van der Waals surface area contributed by atoms with E-state index in [1.807, 2.05) is 0 Å². The summed E-state index contributed by atoms with van der Waals surface area (Å²) in [6.07, 6.45) is -1.88. The largest absolute Gasteiger partial charge is 0.573 e. The Kier molecular flexibility index (Phi) is 4.23. The number of amides is 1. The van der Waals surface area contributed by atoms with Crippen molar-refractivity contribution in [2.24, 2.45) is 5.92 Å². The number of carbonyl (C=O) groups excluding carboxylic acids is 1. The van der Waals surface area contributed by atoms with Gasteiger partial charge in [-0.25, -0.2) is 0 Å². The first-order chi connectivity index (χ1) is 10.8. The number of hydrogen-bond acceptors (Lipinski definition) is 3. The summed E-state index contributed by atoms with van der Waals surface area (Å²) in [4.78, 5) is 14.0. The number of benzene rings is 1. The molecule has 0 radical (unpaired) electrons. The maximum atomic E-state index is 12.5. The molecule has 4 nitrogen and oxygen atoms in total. The molecule has 7 heteroatoms. The lowest BCUT2D eigenvalue weighted by Gasteiger charge is -2.25. The van der Waals surface area contributed by atoms with Crippen LogP contribution in [0.25, 0.3) is 0 Å². The van der Waals surface area contributed by atoms with Crippen molar-refractivity contribution in [3.8, 4) is 5.75 Å². The average Bonchev–Trinajstić information content (AvgIpc) is 3.07. The van der Waals surface area contributed by atoms with Crippen molar-refractivity contribution in [2.45, 2.75) is 44.4 Å². The fraction of sp³-hybridized carbons (Fsp3) is 0.562. The normalized spacial score (nSPS) is 26.3. The van der Waals surface area contributed by atoms with Crippen molar-refractivity contribution in [3.63, 3.8) is 0 Å². The highest BCUT2D eigenvalue weighted by Crippen LogP contribution is 2.39. The number of hydrogen-bond donors (Lipinski definition) is 0. The molecule has 3 atom stereocenters. The first-order valence-electron chi connectivity index (χ1n) is 7.57. The molecule has 2 aliphatic rings. The number of ether oxygens (including phenoxy) is 2. The van der Waals surface area contributed by atoms with Gasteiger partial charge in [-0.3, -0.25) is 4.79 Å². The standard InChI is InChI=1S/C16H18F3NO3/c1-20(15(21)13-8-11-5-6-14(13)22-11)9-10-3-2-4-12(7-10)23-16(17,18)19/h2-4,7,11,13-14H,5-6,8-9H2,1H3/t11-,13+,14-/m1/s1. The second-order valence-electron chi connectivity index (χ2n) is 6.11. The molecule has 0 saturated carbocycles. The number of carbonyl (C=O) groups is 1. The fourth-order valence-corrected chi connectivity index (χ4v) is 3.37. The van der Waals surface area contributed by atoms with Crippen molar-refractivity contribution < 1.29 is 27.4 Å². The molecule has 126 valence electrons. The summed E-state index contributed by atoms with van der Waals surface area (Å²) in [6, 6.07) is 5.69. The van der Waals surface area contributed by atoms with Gasteiger partial charge in [-0.05, 0) is 37.0 Å². The van der Waals surface area contributed by atoms with Crippen molar-refractivity contribution in [3.05, 3.63) is 29.8 Å². The van der Waals surface area contributed by atoms with Crippen LogP contribution in [-0.2, 0) is 16.1 Å². The Balaban J connectivity index is 1.62. The molecule has 3 rings (SSSR count). The molecule has 0 aliphatic carbocycles.